The molecule has 0 amide bonds. The molecule has 0 aliphatic heterocycles. The molecular weight excluding hydrogens is 296 g/mol. The average molecular weight is 333 g/mol. The number of ketones is 2. The van der Waals surface area contributed by atoms with E-state index in [4.69, 9.17) is 0 Å². The molecule has 3 unspecified atom stereocenters. The Morgan fingerprint density at radius 3 is 2.04 bits per heavy atom. The van der Waals surface area contributed by atoms with Crippen LogP contribution < -0.4 is 0 Å². The van der Waals surface area contributed by atoms with Crippen molar-refractivity contribution in [1.82, 2.24) is 0 Å². The van der Waals surface area contributed by atoms with Gasteiger partial charge >= 0.3 is 0 Å². The zero-order valence-electron chi connectivity index (χ0n) is 15.4. The number of hydrogen-bond acceptors (Lipinski definition) is 2. The normalized spacial score (nSPS) is 31.4. The van der Waals surface area contributed by atoms with Crippen LogP contribution in [0.2, 0.25) is 0 Å². The fraction of sp³-hybridized carbons (Fsp3) is 0.909. The molecule has 3 aliphatic carbocycles. The summed E-state index contributed by atoms with van der Waals surface area (Å²) < 4.78 is 0. The molecule has 0 spiro atoms. The summed E-state index contributed by atoms with van der Waals surface area (Å²) in [6, 6.07) is 0. The first-order valence-electron chi connectivity index (χ1n) is 10.8. The first-order chi connectivity index (χ1) is 11.8. The van der Waals surface area contributed by atoms with Gasteiger partial charge in [0, 0.05) is 24.7 Å². The highest BCUT2D eigenvalue weighted by Gasteiger charge is 2.37. The van der Waals surface area contributed by atoms with E-state index in [2.05, 4.69) is 0 Å². The predicted molar refractivity (Wildman–Crippen MR) is 97.8 cm³/mol. The summed E-state index contributed by atoms with van der Waals surface area (Å²) in [5, 5.41) is 0. The zero-order chi connectivity index (χ0) is 16.8. The van der Waals surface area contributed by atoms with Crippen molar-refractivity contribution in [2.75, 3.05) is 0 Å². The topological polar surface area (TPSA) is 34.1 Å². The van der Waals surface area contributed by atoms with Crippen LogP contribution in [-0.2, 0) is 9.59 Å². The van der Waals surface area contributed by atoms with E-state index in [-0.39, 0.29) is 0 Å². The maximum Gasteiger partial charge on any atom is 0.136 e. The Hall–Kier alpha value is -0.660. The smallest absolute Gasteiger partial charge is 0.136 e. The summed E-state index contributed by atoms with van der Waals surface area (Å²) in [6.45, 7) is 0. The monoisotopic (exact) mass is 332 g/mol. The van der Waals surface area contributed by atoms with E-state index in [0.29, 0.717) is 35.7 Å². The molecule has 3 saturated carbocycles. The molecule has 0 saturated heterocycles. The lowest BCUT2D eigenvalue weighted by atomic mass is 9.64. The van der Waals surface area contributed by atoms with Gasteiger partial charge < -0.3 is 0 Å². The Bertz CT molecular complexity index is 420. The first kappa shape index (κ1) is 18.1. The van der Waals surface area contributed by atoms with E-state index in [9.17, 15) is 9.59 Å². The molecule has 0 N–H and O–H groups in total. The van der Waals surface area contributed by atoms with Gasteiger partial charge in [-0.25, -0.2) is 0 Å². The fourth-order valence-electron chi connectivity index (χ4n) is 5.75. The van der Waals surface area contributed by atoms with Crippen LogP contribution in [0.5, 0.6) is 0 Å². The van der Waals surface area contributed by atoms with Crippen LogP contribution in [0.4, 0.5) is 0 Å². The van der Waals surface area contributed by atoms with Crippen molar-refractivity contribution in [3.05, 3.63) is 0 Å². The van der Waals surface area contributed by atoms with Crippen molar-refractivity contribution in [1.29, 1.82) is 0 Å². The standard InChI is InChI=1S/C22H36O2/c23-21(18-10-2-1-3-11-18)15-6-7-16-22(24)20-14-8-12-17-9-4-5-13-19(17)20/h17-20H,1-16H2. The highest BCUT2D eigenvalue weighted by molar-refractivity contribution is 5.82. The predicted octanol–water partition coefficient (Wildman–Crippen LogP) is 5.87. The van der Waals surface area contributed by atoms with Crippen LogP contribution in [0.15, 0.2) is 0 Å². The lowest BCUT2D eigenvalue weighted by Crippen LogP contribution is -2.35. The molecule has 3 aliphatic rings. The quantitative estimate of drug-likeness (QED) is 0.546. The number of carbonyl (C=O) groups is 2. The first-order valence-corrected chi connectivity index (χ1v) is 10.8. The molecule has 0 aromatic rings. The molecule has 0 aromatic carbocycles. The second kappa shape index (κ2) is 9.15. The third-order valence-electron chi connectivity index (χ3n) is 7.15. The number of rotatable bonds is 7. The molecule has 0 bridgehead atoms. The average Bonchev–Trinajstić information content (AvgIpc) is 2.65. The van der Waals surface area contributed by atoms with Gasteiger partial charge in [0.05, 0.1) is 0 Å². The summed E-state index contributed by atoms with van der Waals surface area (Å²) in [5.41, 5.74) is 0. The van der Waals surface area contributed by atoms with E-state index in [1.54, 1.807) is 0 Å². The maximum absolute atomic E-state index is 12.7. The van der Waals surface area contributed by atoms with Crippen molar-refractivity contribution in [3.8, 4) is 0 Å². The Morgan fingerprint density at radius 1 is 0.625 bits per heavy atom. The molecule has 24 heavy (non-hydrogen) atoms. The number of Topliss-reactive ketones (excluding diaryl/α,β-unsaturated/α-hetero) is 2. The summed E-state index contributed by atoms with van der Waals surface area (Å²) in [7, 11) is 0. The van der Waals surface area contributed by atoms with E-state index in [1.165, 1.54) is 57.8 Å². The summed E-state index contributed by atoms with van der Waals surface area (Å²) in [4.78, 5) is 25.0. The Morgan fingerprint density at radius 2 is 1.25 bits per heavy atom. The van der Waals surface area contributed by atoms with Crippen LogP contribution in [0.1, 0.15) is 103 Å². The van der Waals surface area contributed by atoms with Gasteiger partial charge in [0.15, 0.2) is 0 Å². The fourth-order valence-corrected chi connectivity index (χ4v) is 5.75. The number of unbranched alkanes of at least 4 members (excludes halogenated alkanes) is 1. The third kappa shape index (κ3) is 4.70. The molecular formula is C22H36O2. The highest BCUT2D eigenvalue weighted by atomic mass is 16.1. The van der Waals surface area contributed by atoms with E-state index >= 15 is 0 Å². The van der Waals surface area contributed by atoms with Crippen molar-refractivity contribution in [2.24, 2.45) is 23.7 Å². The molecule has 2 heteroatoms. The Labute approximate surface area is 148 Å². The number of carbonyl (C=O) groups excluding carboxylic acids is 2. The Kier molecular flexibility index (Phi) is 6.92. The molecule has 3 atom stereocenters. The van der Waals surface area contributed by atoms with Crippen molar-refractivity contribution < 1.29 is 9.59 Å². The lowest BCUT2D eigenvalue weighted by Gasteiger charge is -2.40. The summed E-state index contributed by atoms with van der Waals surface area (Å²) in [5.74, 6) is 3.25. The van der Waals surface area contributed by atoms with Gasteiger partial charge in [0.2, 0.25) is 0 Å². The van der Waals surface area contributed by atoms with Gasteiger partial charge in [-0.15, -0.1) is 0 Å². The molecule has 3 fully saturated rings. The van der Waals surface area contributed by atoms with Gasteiger partial charge in [-0.1, -0.05) is 51.4 Å². The van der Waals surface area contributed by atoms with Crippen molar-refractivity contribution in [2.45, 2.75) is 103 Å². The third-order valence-corrected chi connectivity index (χ3v) is 7.15. The maximum atomic E-state index is 12.7. The van der Waals surface area contributed by atoms with Crippen LogP contribution in [0, 0.1) is 23.7 Å². The Balaban J connectivity index is 1.36. The van der Waals surface area contributed by atoms with Crippen LogP contribution in [0.25, 0.3) is 0 Å². The molecule has 2 nitrogen and oxygen atoms in total. The van der Waals surface area contributed by atoms with E-state index < -0.39 is 0 Å². The van der Waals surface area contributed by atoms with Crippen LogP contribution in [0.3, 0.4) is 0 Å². The largest absolute Gasteiger partial charge is 0.299 e. The minimum absolute atomic E-state index is 0.343. The van der Waals surface area contributed by atoms with Crippen LogP contribution >= 0.6 is 0 Å². The van der Waals surface area contributed by atoms with E-state index in [0.717, 1.165) is 44.4 Å². The second-order valence-corrected chi connectivity index (χ2v) is 8.72. The highest BCUT2D eigenvalue weighted by Crippen LogP contribution is 2.44. The summed E-state index contributed by atoms with van der Waals surface area (Å²) in [6.07, 6.45) is 18.5. The second-order valence-electron chi connectivity index (χ2n) is 8.72. The van der Waals surface area contributed by atoms with E-state index in [1.807, 2.05) is 0 Å². The zero-order valence-corrected chi connectivity index (χ0v) is 15.4. The minimum atomic E-state index is 0.343. The molecule has 3 rings (SSSR count). The lowest BCUT2D eigenvalue weighted by molar-refractivity contribution is -0.128. The molecule has 0 heterocycles. The molecule has 0 aromatic heterocycles. The van der Waals surface area contributed by atoms with Gasteiger partial charge in [-0.2, -0.15) is 0 Å². The minimum Gasteiger partial charge on any atom is -0.299 e. The van der Waals surface area contributed by atoms with Crippen molar-refractivity contribution in [3.63, 3.8) is 0 Å². The molecule has 0 radical (unpaired) electrons. The van der Waals surface area contributed by atoms with Crippen molar-refractivity contribution >= 4 is 11.6 Å². The number of hydrogen-bond donors (Lipinski definition) is 0. The molecule has 136 valence electrons. The van der Waals surface area contributed by atoms with Gasteiger partial charge in [0.25, 0.3) is 0 Å². The van der Waals surface area contributed by atoms with Gasteiger partial charge in [0.1, 0.15) is 11.6 Å². The van der Waals surface area contributed by atoms with Crippen LogP contribution in [-0.4, -0.2) is 11.6 Å². The SMILES string of the molecule is O=C(CCCCC(=O)C1CCCC2CCCCC21)C1CCCCC1. The number of fused-ring (bicyclic) bond motifs is 1. The van der Waals surface area contributed by atoms with Gasteiger partial charge in [-0.05, 0) is 50.4 Å². The van der Waals surface area contributed by atoms with Gasteiger partial charge in [-0.3, -0.25) is 9.59 Å². The summed E-state index contributed by atoms with van der Waals surface area (Å²) >= 11 is 0.